The molecule has 1 aliphatic heterocycles. The molecule has 0 saturated carbocycles. The maximum Gasteiger partial charge on any atom is 0.410 e. The summed E-state index contributed by atoms with van der Waals surface area (Å²) in [6, 6.07) is -0.0655. The molecule has 102 valence electrons. The van der Waals surface area contributed by atoms with E-state index in [1.54, 1.807) is 17.9 Å². The maximum absolute atomic E-state index is 11.8. The lowest BCUT2D eigenvalue weighted by Gasteiger charge is -2.39. The van der Waals surface area contributed by atoms with E-state index in [1.807, 2.05) is 20.8 Å². The second-order valence-electron chi connectivity index (χ2n) is 5.14. The molecule has 18 heavy (non-hydrogen) atoms. The van der Waals surface area contributed by atoms with E-state index in [1.165, 1.54) is 6.08 Å². The van der Waals surface area contributed by atoms with Gasteiger partial charge in [-0.1, -0.05) is 6.08 Å². The van der Waals surface area contributed by atoms with Gasteiger partial charge in [0.25, 0.3) is 0 Å². The highest BCUT2D eigenvalue weighted by atomic mass is 16.6. The van der Waals surface area contributed by atoms with Gasteiger partial charge >= 0.3 is 12.1 Å². The molecule has 1 fully saturated rings. The van der Waals surface area contributed by atoms with Crippen molar-refractivity contribution in [3.05, 3.63) is 12.2 Å². The van der Waals surface area contributed by atoms with Crippen molar-refractivity contribution in [3.8, 4) is 0 Å². The van der Waals surface area contributed by atoms with Crippen LogP contribution in [0.25, 0.3) is 0 Å². The summed E-state index contributed by atoms with van der Waals surface area (Å²) < 4.78 is 10.0. The van der Waals surface area contributed by atoms with E-state index in [4.69, 9.17) is 9.47 Å². The number of carbonyl (C=O) groups excluding carboxylic acids is 2. The van der Waals surface area contributed by atoms with E-state index in [0.717, 1.165) is 6.42 Å². The van der Waals surface area contributed by atoms with Crippen LogP contribution < -0.4 is 0 Å². The lowest BCUT2D eigenvalue weighted by atomic mass is 10.0. The number of hydrogen-bond donors (Lipinski definition) is 0. The molecule has 0 unspecified atom stereocenters. The Morgan fingerprint density at radius 1 is 1.39 bits per heavy atom. The Balaban J connectivity index is 2.46. The minimum absolute atomic E-state index is 0.0655. The molecule has 0 N–H and O–H groups in total. The average Bonchev–Trinajstić information content (AvgIpc) is 2.13. The van der Waals surface area contributed by atoms with Gasteiger partial charge < -0.3 is 14.4 Å². The SMILES string of the molecule is CCOC(=O)/C=C/[C@H]1CCN1C(=O)OC(C)(C)C. The van der Waals surface area contributed by atoms with Gasteiger partial charge in [-0.15, -0.1) is 0 Å². The van der Waals surface area contributed by atoms with Crippen LogP contribution in [0.15, 0.2) is 12.2 Å². The quantitative estimate of drug-likeness (QED) is 0.572. The van der Waals surface area contributed by atoms with Crippen LogP contribution in [0.1, 0.15) is 34.1 Å². The zero-order valence-electron chi connectivity index (χ0n) is 11.4. The van der Waals surface area contributed by atoms with Crippen LogP contribution in [0.3, 0.4) is 0 Å². The number of amides is 1. The van der Waals surface area contributed by atoms with Crippen LogP contribution in [0.2, 0.25) is 0 Å². The second-order valence-corrected chi connectivity index (χ2v) is 5.14. The van der Waals surface area contributed by atoms with E-state index in [0.29, 0.717) is 13.2 Å². The van der Waals surface area contributed by atoms with Crippen molar-refractivity contribution in [2.45, 2.75) is 45.8 Å². The predicted molar refractivity (Wildman–Crippen MR) is 67.1 cm³/mol. The van der Waals surface area contributed by atoms with Gasteiger partial charge in [0.05, 0.1) is 12.6 Å². The first-order valence-electron chi connectivity index (χ1n) is 6.18. The highest BCUT2D eigenvalue weighted by molar-refractivity contribution is 5.82. The lowest BCUT2D eigenvalue weighted by molar-refractivity contribution is -0.137. The zero-order valence-corrected chi connectivity index (χ0v) is 11.4. The fourth-order valence-electron chi connectivity index (χ4n) is 1.53. The number of rotatable bonds is 3. The first-order chi connectivity index (χ1) is 8.33. The fourth-order valence-corrected chi connectivity index (χ4v) is 1.53. The molecule has 1 rings (SSSR count). The lowest BCUT2D eigenvalue weighted by Crippen LogP contribution is -2.51. The van der Waals surface area contributed by atoms with Gasteiger partial charge in [0.2, 0.25) is 0 Å². The first kappa shape index (κ1) is 14.5. The van der Waals surface area contributed by atoms with Crippen molar-refractivity contribution in [2.24, 2.45) is 0 Å². The topological polar surface area (TPSA) is 55.8 Å². The summed E-state index contributed by atoms with van der Waals surface area (Å²) in [6.07, 6.45) is 3.55. The molecule has 0 radical (unpaired) electrons. The van der Waals surface area contributed by atoms with Crippen LogP contribution in [-0.2, 0) is 14.3 Å². The molecule has 1 atom stereocenters. The molecule has 5 nitrogen and oxygen atoms in total. The highest BCUT2D eigenvalue weighted by Gasteiger charge is 2.33. The van der Waals surface area contributed by atoms with Crippen LogP contribution in [-0.4, -0.2) is 41.8 Å². The summed E-state index contributed by atoms with van der Waals surface area (Å²) in [5.41, 5.74) is -0.498. The van der Waals surface area contributed by atoms with Gasteiger partial charge in [-0.3, -0.25) is 0 Å². The predicted octanol–water partition coefficient (Wildman–Crippen LogP) is 2.12. The van der Waals surface area contributed by atoms with Crippen molar-refractivity contribution in [1.82, 2.24) is 4.90 Å². The summed E-state index contributed by atoms with van der Waals surface area (Å²) >= 11 is 0. The number of carbonyl (C=O) groups is 2. The van der Waals surface area contributed by atoms with Gasteiger partial charge in [-0.05, 0) is 34.1 Å². The van der Waals surface area contributed by atoms with Crippen LogP contribution in [0, 0.1) is 0 Å². The standard InChI is InChI=1S/C13H21NO4/c1-5-17-11(15)7-6-10-8-9-14(10)12(16)18-13(2,3)4/h6-7,10H,5,8-9H2,1-4H3/b7-6+/t10-/m0/s1. The van der Waals surface area contributed by atoms with Crippen LogP contribution in [0.5, 0.6) is 0 Å². The van der Waals surface area contributed by atoms with E-state index < -0.39 is 5.60 Å². The minimum atomic E-state index is -0.498. The van der Waals surface area contributed by atoms with E-state index >= 15 is 0 Å². The van der Waals surface area contributed by atoms with Crippen molar-refractivity contribution in [3.63, 3.8) is 0 Å². The molecule has 0 aromatic carbocycles. The summed E-state index contributed by atoms with van der Waals surface area (Å²) in [7, 11) is 0. The number of nitrogens with zero attached hydrogens (tertiary/aromatic N) is 1. The van der Waals surface area contributed by atoms with Crippen molar-refractivity contribution in [2.75, 3.05) is 13.2 Å². The Bertz CT molecular complexity index is 343. The third-order valence-electron chi connectivity index (χ3n) is 2.44. The molecule has 0 bridgehead atoms. The number of ether oxygens (including phenoxy) is 2. The van der Waals surface area contributed by atoms with Gasteiger partial charge in [-0.2, -0.15) is 0 Å². The zero-order chi connectivity index (χ0) is 13.8. The minimum Gasteiger partial charge on any atom is -0.463 e. The molecule has 5 heteroatoms. The summed E-state index contributed by atoms with van der Waals surface area (Å²) in [5.74, 6) is -0.381. The molecule has 1 aliphatic rings. The monoisotopic (exact) mass is 255 g/mol. The van der Waals surface area contributed by atoms with Gasteiger partial charge in [0.1, 0.15) is 5.60 Å². The fraction of sp³-hybridized carbons (Fsp3) is 0.692. The molecule has 1 saturated heterocycles. The maximum atomic E-state index is 11.8. The summed E-state index contributed by atoms with van der Waals surface area (Å²) in [6.45, 7) is 8.24. The highest BCUT2D eigenvalue weighted by Crippen LogP contribution is 2.22. The van der Waals surface area contributed by atoms with E-state index in [9.17, 15) is 9.59 Å². The number of hydrogen-bond acceptors (Lipinski definition) is 4. The molecular formula is C13H21NO4. The van der Waals surface area contributed by atoms with Crippen molar-refractivity contribution < 1.29 is 19.1 Å². The molecule has 1 amide bonds. The molecule has 0 aliphatic carbocycles. The molecular weight excluding hydrogens is 234 g/mol. The Labute approximate surface area is 108 Å². The summed E-state index contributed by atoms with van der Waals surface area (Å²) in [5, 5.41) is 0. The molecule has 0 aromatic rings. The van der Waals surface area contributed by atoms with E-state index in [-0.39, 0.29) is 18.1 Å². The smallest absolute Gasteiger partial charge is 0.410 e. The van der Waals surface area contributed by atoms with Gasteiger partial charge in [-0.25, -0.2) is 9.59 Å². The second kappa shape index (κ2) is 5.89. The van der Waals surface area contributed by atoms with Crippen LogP contribution in [0.4, 0.5) is 4.79 Å². The van der Waals surface area contributed by atoms with Gasteiger partial charge in [0.15, 0.2) is 0 Å². The number of esters is 1. The van der Waals surface area contributed by atoms with Crippen molar-refractivity contribution in [1.29, 1.82) is 0 Å². The molecule has 0 aromatic heterocycles. The Morgan fingerprint density at radius 3 is 2.50 bits per heavy atom. The average molecular weight is 255 g/mol. The third-order valence-corrected chi connectivity index (χ3v) is 2.44. The Kier molecular flexibility index (Phi) is 4.76. The van der Waals surface area contributed by atoms with E-state index in [2.05, 4.69) is 0 Å². The van der Waals surface area contributed by atoms with Crippen LogP contribution >= 0.6 is 0 Å². The molecule has 1 heterocycles. The molecule has 0 spiro atoms. The first-order valence-corrected chi connectivity index (χ1v) is 6.18. The van der Waals surface area contributed by atoms with Crippen molar-refractivity contribution >= 4 is 12.1 Å². The van der Waals surface area contributed by atoms with Gasteiger partial charge in [0, 0.05) is 12.6 Å². The largest absolute Gasteiger partial charge is 0.463 e. The Hall–Kier alpha value is -1.52. The normalized spacial score (nSPS) is 19.6. The summed E-state index contributed by atoms with van der Waals surface area (Å²) in [4.78, 5) is 24.5. The third kappa shape index (κ3) is 4.39. The number of likely N-dealkylation sites (tertiary alicyclic amines) is 1. The Morgan fingerprint density at radius 2 is 2.06 bits per heavy atom.